The Morgan fingerprint density at radius 1 is 1.13 bits per heavy atom. The van der Waals surface area contributed by atoms with Crippen LogP contribution in [0, 0.1) is 28.6 Å². The Labute approximate surface area is 139 Å². The summed E-state index contributed by atoms with van der Waals surface area (Å²) in [6.07, 6.45) is 7.69. The third-order valence-electron chi connectivity index (χ3n) is 8.46. The maximum atomic E-state index is 11.8. The van der Waals surface area contributed by atoms with Crippen molar-refractivity contribution in [2.45, 2.75) is 77.4 Å². The zero-order valence-electron chi connectivity index (χ0n) is 14.6. The summed E-state index contributed by atoms with van der Waals surface area (Å²) in [5.41, 5.74) is 0.424. The molecule has 3 saturated carbocycles. The van der Waals surface area contributed by atoms with Crippen LogP contribution in [0.2, 0.25) is 0 Å². The molecule has 3 fully saturated rings. The highest BCUT2D eigenvalue weighted by Gasteiger charge is 2.64. The lowest BCUT2D eigenvalue weighted by Crippen LogP contribution is -2.59. The van der Waals surface area contributed by atoms with Gasteiger partial charge in [0.2, 0.25) is 0 Å². The van der Waals surface area contributed by atoms with E-state index in [0.29, 0.717) is 24.7 Å². The highest BCUT2D eigenvalue weighted by Crippen LogP contribution is 2.67. The van der Waals surface area contributed by atoms with Gasteiger partial charge in [0.15, 0.2) is 5.78 Å². The number of fused-ring (bicyclic) bond motifs is 5. The summed E-state index contributed by atoms with van der Waals surface area (Å²) in [6.45, 7) is 6.44. The Morgan fingerprint density at radius 2 is 1.87 bits per heavy atom. The summed E-state index contributed by atoms with van der Waals surface area (Å²) >= 11 is 0. The minimum Gasteiger partial charge on any atom is -0.393 e. The van der Waals surface area contributed by atoms with E-state index in [1.165, 1.54) is 5.57 Å². The van der Waals surface area contributed by atoms with Crippen molar-refractivity contribution >= 4 is 5.78 Å². The maximum absolute atomic E-state index is 11.8. The van der Waals surface area contributed by atoms with Crippen molar-refractivity contribution in [2.24, 2.45) is 28.6 Å². The Morgan fingerprint density at radius 3 is 2.61 bits per heavy atom. The molecule has 3 heteroatoms. The topological polar surface area (TPSA) is 57.5 Å². The SMILES string of the molecule is C[C@]12CCC(=O)C=C1CC[C@@H]1[C@@H]2[C@H](O)C[C@@]2(C)[C@H]1CC[C@@]2(C)O. The van der Waals surface area contributed by atoms with Crippen molar-refractivity contribution < 1.29 is 15.0 Å². The summed E-state index contributed by atoms with van der Waals surface area (Å²) in [5.74, 6) is 1.49. The minimum atomic E-state index is -0.664. The smallest absolute Gasteiger partial charge is 0.155 e. The number of hydrogen-bond donors (Lipinski definition) is 2. The lowest BCUT2D eigenvalue weighted by molar-refractivity contribution is -0.166. The molecule has 7 atom stereocenters. The van der Waals surface area contributed by atoms with Gasteiger partial charge in [-0.25, -0.2) is 0 Å². The molecule has 0 saturated heterocycles. The van der Waals surface area contributed by atoms with Gasteiger partial charge in [0, 0.05) is 11.8 Å². The summed E-state index contributed by atoms with van der Waals surface area (Å²) < 4.78 is 0. The zero-order valence-corrected chi connectivity index (χ0v) is 14.6. The predicted octanol–water partition coefficient (Wildman–Crippen LogP) is 3.24. The summed E-state index contributed by atoms with van der Waals surface area (Å²) in [4.78, 5) is 11.8. The van der Waals surface area contributed by atoms with Gasteiger partial charge in [0.05, 0.1) is 11.7 Å². The van der Waals surface area contributed by atoms with Gasteiger partial charge in [0.1, 0.15) is 0 Å². The van der Waals surface area contributed by atoms with Crippen LogP contribution in [-0.4, -0.2) is 27.7 Å². The van der Waals surface area contributed by atoms with Crippen LogP contribution in [0.1, 0.15) is 65.7 Å². The van der Waals surface area contributed by atoms with E-state index in [2.05, 4.69) is 13.8 Å². The van der Waals surface area contributed by atoms with Gasteiger partial charge in [-0.1, -0.05) is 19.4 Å². The lowest BCUT2D eigenvalue weighted by Gasteiger charge is -2.60. The first-order valence-corrected chi connectivity index (χ1v) is 9.33. The number of carbonyl (C=O) groups excluding carboxylic acids is 1. The Balaban J connectivity index is 1.75. The molecule has 0 aromatic rings. The van der Waals surface area contributed by atoms with E-state index in [4.69, 9.17) is 0 Å². The van der Waals surface area contributed by atoms with Crippen molar-refractivity contribution in [3.8, 4) is 0 Å². The van der Waals surface area contributed by atoms with Crippen LogP contribution in [0.3, 0.4) is 0 Å². The summed E-state index contributed by atoms with van der Waals surface area (Å²) in [6, 6.07) is 0. The molecule has 0 aliphatic heterocycles. The van der Waals surface area contributed by atoms with Gasteiger partial charge in [-0.3, -0.25) is 4.79 Å². The van der Waals surface area contributed by atoms with Gasteiger partial charge in [-0.2, -0.15) is 0 Å². The molecule has 0 heterocycles. The molecule has 2 N–H and O–H groups in total. The first-order valence-electron chi connectivity index (χ1n) is 9.33. The van der Waals surface area contributed by atoms with E-state index in [1.54, 1.807) is 0 Å². The standard InChI is InChI=1S/C20H30O3/c1-18-8-6-13(21)10-12(18)4-5-14-15-7-9-20(3,23)19(15,2)11-16(22)17(14)18/h10,14-17,22-23H,4-9,11H2,1-3H3/t14-,15-,16+,17+,18-,19-,20+/m0/s1. The van der Waals surface area contributed by atoms with E-state index in [9.17, 15) is 15.0 Å². The van der Waals surface area contributed by atoms with Gasteiger partial charge >= 0.3 is 0 Å². The van der Waals surface area contributed by atoms with Crippen LogP contribution < -0.4 is 0 Å². The van der Waals surface area contributed by atoms with E-state index in [0.717, 1.165) is 32.1 Å². The molecule has 0 amide bonds. The molecular weight excluding hydrogens is 288 g/mol. The fourth-order valence-corrected chi connectivity index (χ4v) is 6.91. The molecule has 0 radical (unpaired) electrons. The van der Waals surface area contributed by atoms with Crippen LogP contribution in [0.5, 0.6) is 0 Å². The quantitative estimate of drug-likeness (QED) is 0.721. The first kappa shape index (κ1) is 15.8. The lowest BCUT2D eigenvalue weighted by atomic mass is 9.45. The number of rotatable bonds is 0. The van der Waals surface area contributed by atoms with Crippen LogP contribution in [0.15, 0.2) is 11.6 Å². The fraction of sp³-hybridized carbons (Fsp3) is 0.850. The molecule has 4 aliphatic carbocycles. The second-order valence-electron chi connectivity index (χ2n) is 9.39. The number of hydrogen-bond acceptors (Lipinski definition) is 3. The molecule has 0 spiro atoms. The second kappa shape index (κ2) is 4.70. The fourth-order valence-electron chi connectivity index (χ4n) is 6.91. The second-order valence-corrected chi connectivity index (χ2v) is 9.39. The van der Waals surface area contributed by atoms with E-state index in [1.807, 2.05) is 13.0 Å². The largest absolute Gasteiger partial charge is 0.393 e. The average Bonchev–Trinajstić information content (AvgIpc) is 2.69. The van der Waals surface area contributed by atoms with Crippen LogP contribution in [0.4, 0.5) is 0 Å². The van der Waals surface area contributed by atoms with Gasteiger partial charge < -0.3 is 10.2 Å². The molecule has 0 bridgehead atoms. The Kier molecular flexibility index (Phi) is 3.23. The van der Waals surface area contributed by atoms with E-state index < -0.39 is 5.60 Å². The van der Waals surface area contributed by atoms with Crippen molar-refractivity contribution in [2.75, 3.05) is 0 Å². The maximum Gasteiger partial charge on any atom is 0.155 e. The molecule has 3 nitrogen and oxygen atoms in total. The monoisotopic (exact) mass is 318 g/mol. The molecule has 0 unspecified atom stereocenters. The third-order valence-corrected chi connectivity index (χ3v) is 8.46. The van der Waals surface area contributed by atoms with Crippen molar-refractivity contribution in [3.05, 3.63) is 11.6 Å². The number of aliphatic hydroxyl groups excluding tert-OH is 1. The molecule has 4 rings (SSSR count). The van der Waals surface area contributed by atoms with E-state index >= 15 is 0 Å². The van der Waals surface area contributed by atoms with Crippen LogP contribution >= 0.6 is 0 Å². The minimum absolute atomic E-state index is 0.0218. The Bertz CT molecular complexity index is 577. The summed E-state index contributed by atoms with van der Waals surface area (Å²) in [5, 5.41) is 22.0. The highest BCUT2D eigenvalue weighted by molar-refractivity contribution is 5.91. The van der Waals surface area contributed by atoms with Gasteiger partial charge in [0.25, 0.3) is 0 Å². The number of carbonyl (C=O) groups is 1. The first-order chi connectivity index (χ1) is 10.7. The average molecular weight is 318 g/mol. The summed E-state index contributed by atoms with van der Waals surface area (Å²) in [7, 11) is 0. The predicted molar refractivity (Wildman–Crippen MR) is 88.7 cm³/mol. The van der Waals surface area contributed by atoms with Crippen LogP contribution in [-0.2, 0) is 4.79 Å². The normalized spacial score (nSPS) is 55.7. The molecule has 128 valence electrons. The number of ketones is 1. The van der Waals surface area contributed by atoms with Crippen molar-refractivity contribution in [3.63, 3.8) is 0 Å². The number of allylic oxidation sites excluding steroid dienone is 1. The van der Waals surface area contributed by atoms with Crippen LogP contribution in [0.25, 0.3) is 0 Å². The van der Waals surface area contributed by atoms with Crippen molar-refractivity contribution in [1.82, 2.24) is 0 Å². The molecule has 23 heavy (non-hydrogen) atoms. The molecule has 0 aromatic carbocycles. The van der Waals surface area contributed by atoms with E-state index in [-0.39, 0.29) is 28.6 Å². The Hall–Kier alpha value is -0.670. The third kappa shape index (κ3) is 1.93. The van der Waals surface area contributed by atoms with Gasteiger partial charge in [-0.05, 0) is 74.7 Å². The zero-order chi connectivity index (χ0) is 16.6. The van der Waals surface area contributed by atoms with Gasteiger partial charge in [-0.15, -0.1) is 0 Å². The molecule has 0 aromatic heterocycles. The molecular formula is C20H30O3. The number of aliphatic hydroxyl groups is 2. The van der Waals surface area contributed by atoms with Crippen molar-refractivity contribution in [1.29, 1.82) is 0 Å². The molecule has 4 aliphatic rings. The highest BCUT2D eigenvalue weighted by atomic mass is 16.3.